The second-order valence-corrected chi connectivity index (χ2v) is 2.38. The van der Waals surface area contributed by atoms with E-state index in [2.05, 4.69) is 4.74 Å². The van der Waals surface area contributed by atoms with Crippen LogP contribution in [-0.4, -0.2) is 6.61 Å². The van der Waals surface area contributed by atoms with Crippen molar-refractivity contribution in [2.24, 2.45) is 0 Å². The number of nitriles is 1. The maximum Gasteiger partial charge on any atom is 0.387 e. The first kappa shape index (κ1) is 10.2. The quantitative estimate of drug-likeness (QED) is 0.695. The van der Waals surface area contributed by atoms with Gasteiger partial charge in [0, 0.05) is 11.6 Å². The molecular formula is C10H7F2NO. The van der Waals surface area contributed by atoms with Gasteiger partial charge in [-0.25, -0.2) is 0 Å². The molecule has 0 unspecified atom stereocenters. The highest BCUT2D eigenvalue weighted by molar-refractivity contribution is 5.58. The van der Waals surface area contributed by atoms with E-state index in [1.54, 1.807) is 24.3 Å². The lowest BCUT2D eigenvalue weighted by Crippen LogP contribution is -2.02. The van der Waals surface area contributed by atoms with Gasteiger partial charge in [0.25, 0.3) is 0 Å². The molecule has 4 heteroatoms. The molecule has 0 spiro atoms. The SMILES string of the molecule is N#C/C=C/c1ccccc1OC(F)F. The van der Waals surface area contributed by atoms with Crippen molar-refractivity contribution < 1.29 is 13.5 Å². The van der Waals surface area contributed by atoms with Crippen molar-refractivity contribution in [1.82, 2.24) is 0 Å². The molecule has 1 aromatic carbocycles. The standard InChI is InChI=1S/C10H7F2NO/c11-10(12)14-9-6-2-1-4-8(9)5-3-7-13/h1-6,10H/b5-3+. The van der Waals surface area contributed by atoms with Crippen molar-refractivity contribution in [3.63, 3.8) is 0 Å². The van der Waals surface area contributed by atoms with Crippen molar-refractivity contribution >= 4 is 6.08 Å². The molecule has 72 valence electrons. The van der Waals surface area contributed by atoms with Crippen LogP contribution in [0.3, 0.4) is 0 Å². The molecule has 0 atom stereocenters. The van der Waals surface area contributed by atoms with E-state index in [1.165, 1.54) is 18.2 Å². The molecule has 0 aliphatic rings. The number of hydrogen-bond donors (Lipinski definition) is 0. The minimum Gasteiger partial charge on any atom is -0.434 e. The van der Waals surface area contributed by atoms with Gasteiger partial charge in [0.15, 0.2) is 0 Å². The van der Waals surface area contributed by atoms with Crippen LogP contribution in [-0.2, 0) is 0 Å². The molecule has 0 aliphatic heterocycles. The Morgan fingerprint density at radius 1 is 1.36 bits per heavy atom. The molecule has 14 heavy (non-hydrogen) atoms. The molecule has 0 amide bonds. The van der Waals surface area contributed by atoms with E-state index in [9.17, 15) is 8.78 Å². The minimum atomic E-state index is -2.85. The fourth-order valence-electron chi connectivity index (χ4n) is 0.949. The molecule has 0 aliphatic carbocycles. The average Bonchev–Trinajstić information content (AvgIpc) is 2.16. The van der Waals surface area contributed by atoms with Crippen LogP contribution in [0, 0.1) is 11.3 Å². The first-order valence-electron chi connectivity index (χ1n) is 3.84. The Kier molecular flexibility index (Phi) is 3.62. The van der Waals surface area contributed by atoms with Gasteiger partial charge in [-0.05, 0) is 12.1 Å². The summed E-state index contributed by atoms with van der Waals surface area (Å²) >= 11 is 0. The molecule has 0 saturated heterocycles. The van der Waals surface area contributed by atoms with Crippen LogP contribution in [0.15, 0.2) is 30.3 Å². The summed E-state index contributed by atoms with van der Waals surface area (Å²) in [6.45, 7) is -2.85. The molecular weight excluding hydrogens is 188 g/mol. The van der Waals surface area contributed by atoms with E-state index in [-0.39, 0.29) is 5.75 Å². The lowest BCUT2D eigenvalue weighted by atomic mass is 10.2. The Bertz CT molecular complexity index is 369. The molecule has 0 radical (unpaired) electrons. The second-order valence-electron chi connectivity index (χ2n) is 2.38. The van der Waals surface area contributed by atoms with E-state index in [4.69, 9.17) is 5.26 Å². The predicted molar refractivity (Wildman–Crippen MR) is 47.7 cm³/mol. The third-order valence-corrected chi connectivity index (χ3v) is 1.47. The largest absolute Gasteiger partial charge is 0.434 e. The van der Waals surface area contributed by atoms with Gasteiger partial charge in [0.2, 0.25) is 0 Å². The average molecular weight is 195 g/mol. The van der Waals surface area contributed by atoms with Crippen LogP contribution in [0.1, 0.15) is 5.56 Å². The number of benzene rings is 1. The fraction of sp³-hybridized carbons (Fsp3) is 0.100. The maximum atomic E-state index is 11.9. The Balaban J connectivity index is 2.92. The molecule has 0 heterocycles. The summed E-state index contributed by atoms with van der Waals surface area (Å²) in [6, 6.07) is 8.04. The van der Waals surface area contributed by atoms with E-state index < -0.39 is 6.61 Å². The summed E-state index contributed by atoms with van der Waals surface area (Å²) in [5.74, 6) is 0.0639. The van der Waals surface area contributed by atoms with Gasteiger partial charge in [-0.1, -0.05) is 18.2 Å². The van der Waals surface area contributed by atoms with Gasteiger partial charge >= 0.3 is 6.61 Å². The van der Waals surface area contributed by atoms with E-state index in [0.717, 1.165) is 0 Å². The number of nitrogens with zero attached hydrogens (tertiary/aromatic N) is 1. The van der Waals surface area contributed by atoms with Crippen LogP contribution in [0.2, 0.25) is 0 Å². The zero-order valence-electron chi connectivity index (χ0n) is 7.15. The summed E-state index contributed by atoms with van der Waals surface area (Å²) in [5, 5.41) is 8.27. The summed E-state index contributed by atoms with van der Waals surface area (Å²) in [5.41, 5.74) is 0.453. The predicted octanol–water partition coefficient (Wildman–Crippen LogP) is 2.82. The maximum absolute atomic E-state index is 11.9. The van der Waals surface area contributed by atoms with Crippen LogP contribution < -0.4 is 4.74 Å². The van der Waals surface area contributed by atoms with Crippen LogP contribution >= 0.6 is 0 Å². The summed E-state index contributed by atoms with van der Waals surface area (Å²) in [6.07, 6.45) is 2.62. The van der Waals surface area contributed by atoms with Crippen LogP contribution in [0.25, 0.3) is 6.08 Å². The van der Waals surface area contributed by atoms with Crippen molar-refractivity contribution in [3.8, 4) is 11.8 Å². The third kappa shape index (κ3) is 2.87. The fourth-order valence-corrected chi connectivity index (χ4v) is 0.949. The van der Waals surface area contributed by atoms with Crippen LogP contribution in [0.5, 0.6) is 5.75 Å². The number of halogens is 2. The lowest BCUT2D eigenvalue weighted by molar-refractivity contribution is -0.0499. The van der Waals surface area contributed by atoms with E-state index in [1.807, 2.05) is 0 Å². The van der Waals surface area contributed by atoms with Gasteiger partial charge in [0.05, 0.1) is 6.07 Å². The van der Waals surface area contributed by atoms with Gasteiger partial charge in [-0.3, -0.25) is 0 Å². The second kappa shape index (κ2) is 4.97. The Labute approximate surface area is 80.0 Å². The molecule has 0 fully saturated rings. The monoisotopic (exact) mass is 195 g/mol. The number of para-hydroxylation sites is 1. The number of allylic oxidation sites excluding steroid dienone is 1. The first-order valence-corrected chi connectivity index (χ1v) is 3.84. The molecule has 0 aromatic heterocycles. The smallest absolute Gasteiger partial charge is 0.387 e. The number of ether oxygens (including phenoxy) is 1. The Morgan fingerprint density at radius 2 is 2.07 bits per heavy atom. The van der Waals surface area contributed by atoms with E-state index >= 15 is 0 Å². The zero-order chi connectivity index (χ0) is 10.4. The van der Waals surface area contributed by atoms with Gasteiger partial charge in [-0.2, -0.15) is 14.0 Å². The van der Waals surface area contributed by atoms with E-state index in [0.29, 0.717) is 5.56 Å². The zero-order valence-corrected chi connectivity index (χ0v) is 7.15. The minimum absolute atomic E-state index is 0.0639. The molecule has 1 aromatic rings. The topological polar surface area (TPSA) is 33.0 Å². The summed E-state index contributed by atoms with van der Waals surface area (Å²) in [7, 11) is 0. The highest BCUT2D eigenvalue weighted by Gasteiger charge is 2.06. The number of alkyl halides is 2. The summed E-state index contributed by atoms with van der Waals surface area (Å²) in [4.78, 5) is 0. The highest BCUT2D eigenvalue weighted by atomic mass is 19.3. The van der Waals surface area contributed by atoms with Crippen molar-refractivity contribution in [2.45, 2.75) is 6.61 Å². The normalized spacial score (nSPS) is 10.4. The third-order valence-electron chi connectivity index (χ3n) is 1.47. The highest BCUT2D eigenvalue weighted by Crippen LogP contribution is 2.21. The van der Waals surface area contributed by atoms with Gasteiger partial charge in [0.1, 0.15) is 5.75 Å². The molecule has 0 bridgehead atoms. The Hall–Kier alpha value is -1.89. The molecule has 0 saturated carbocycles. The molecule has 2 nitrogen and oxygen atoms in total. The van der Waals surface area contributed by atoms with Crippen molar-refractivity contribution in [3.05, 3.63) is 35.9 Å². The van der Waals surface area contributed by atoms with Gasteiger partial charge < -0.3 is 4.74 Å². The summed E-state index contributed by atoms with van der Waals surface area (Å²) < 4.78 is 28.1. The number of rotatable bonds is 3. The Morgan fingerprint density at radius 3 is 2.71 bits per heavy atom. The molecule has 0 N–H and O–H groups in total. The molecule has 1 rings (SSSR count). The number of hydrogen-bond acceptors (Lipinski definition) is 2. The first-order chi connectivity index (χ1) is 6.74. The lowest BCUT2D eigenvalue weighted by Gasteiger charge is -2.06. The van der Waals surface area contributed by atoms with Crippen LogP contribution in [0.4, 0.5) is 8.78 Å². The van der Waals surface area contributed by atoms with Crippen molar-refractivity contribution in [2.75, 3.05) is 0 Å². The van der Waals surface area contributed by atoms with Gasteiger partial charge in [-0.15, -0.1) is 0 Å². The van der Waals surface area contributed by atoms with Crippen molar-refractivity contribution in [1.29, 1.82) is 5.26 Å².